The fourth-order valence-electron chi connectivity index (χ4n) is 2.30. The zero-order valence-corrected chi connectivity index (χ0v) is 15.0. The summed E-state index contributed by atoms with van der Waals surface area (Å²) < 4.78 is 5.21. The Kier molecular flexibility index (Phi) is 8.87. The molecule has 0 aliphatic heterocycles. The number of aliphatic carboxylic acids is 2. The van der Waals surface area contributed by atoms with Gasteiger partial charge in [-0.05, 0) is 46.1 Å². The zero-order chi connectivity index (χ0) is 19.7. The van der Waals surface area contributed by atoms with Gasteiger partial charge in [0.05, 0.1) is 0 Å². The normalized spacial score (nSPS) is 11.5. The summed E-state index contributed by atoms with van der Waals surface area (Å²) in [4.78, 5) is 45.5. The summed E-state index contributed by atoms with van der Waals surface area (Å²) in [5, 5.41) is 20.5. The lowest BCUT2D eigenvalue weighted by Gasteiger charge is -2.34. The van der Waals surface area contributed by atoms with Crippen molar-refractivity contribution >= 4 is 23.8 Å². The van der Waals surface area contributed by atoms with E-state index >= 15 is 0 Å². The maximum atomic E-state index is 11.9. The van der Waals surface area contributed by atoms with Crippen LogP contribution in [0.3, 0.4) is 0 Å². The number of ether oxygens (including phenoxy) is 1. The van der Waals surface area contributed by atoms with E-state index in [4.69, 9.17) is 14.9 Å². The van der Waals surface area contributed by atoms with Crippen LogP contribution in [0.2, 0.25) is 0 Å². The van der Waals surface area contributed by atoms with Gasteiger partial charge in [0.1, 0.15) is 5.60 Å². The Morgan fingerprint density at radius 1 is 0.960 bits per heavy atom. The third-order valence-electron chi connectivity index (χ3n) is 3.44. The second kappa shape index (κ2) is 9.80. The van der Waals surface area contributed by atoms with Gasteiger partial charge in [0.2, 0.25) is 5.91 Å². The van der Waals surface area contributed by atoms with E-state index in [0.29, 0.717) is 0 Å². The summed E-state index contributed by atoms with van der Waals surface area (Å²) in [6, 6.07) is 0. The molecule has 0 aromatic heterocycles. The topological polar surface area (TPSA) is 130 Å². The number of carbonyl (C=O) groups is 4. The average Bonchev–Trinajstić information content (AvgIpc) is 2.46. The Balaban J connectivity index is 5.27. The summed E-state index contributed by atoms with van der Waals surface area (Å²) in [5.74, 6) is -3.22. The highest BCUT2D eigenvalue weighted by atomic mass is 16.6. The Hall–Kier alpha value is -2.38. The molecule has 0 radical (unpaired) electrons. The molecule has 0 atom stereocenters. The van der Waals surface area contributed by atoms with Crippen molar-refractivity contribution in [2.45, 2.75) is 70.4 Å². The van der Waals surface area contributed by atoms with Crippen LogP contribution in [0, 0.1) is 0 Å². The third-order valence-corrected chi connectivity index (χ3v) is 3.44. The maximum absolute atomic E-state index is 11.9. The van der Waals surface area contributed by atoms with Gasteiger partial charge < -0.3 is 20.3 Å². The van der Waals surface area contributed by atoms with Crippen LogP contribution < -0.4 is 5.32 Å². The molecule has 0 aliphatic rings. The second-order valence-electron chi connectivity index (χ2n) is 6.85. The molecule has 0 saturated heterocycles. The first-order valence-electron chi connectivity index (χ1n) is 7.99. The minimum Gasteiger partial charge on any atom is -0.481 e. The molecule has 0 aromatic carbocycles. The SMILES string of the molecule is C=CC(=O)NC(CCC(=O)O)(CCC(=O)O)CCC(=O)OC(C)(C)C. The molecule has 0 aliphatic carbocycles. The Morgan fingerprint density at radius 2 is 1.40 bits per heavy atom. The van der Waals surface area contributed by atoms with Crippen molar-refractivity contribution in [2.75, 3.05) is 0 Å². The number of hydrogen-bond acceptors (Lipinski definition) is 5. The van der Waals surface area contributed by atoms with Crippen LogP contribution >= 0.6 is 0 Å². The van der Waals surface area contributed by atoms with Crippen LogP contribution in [0.15, 0.2) is 12.7 Å². The minimum absolute atomic E-state index is 0.00199. The predicted molar refractivity (Wildman–Crippen MR) is 89.9 cm³/mol. The smallest absolute Gasteiger partial charge is 0.306 e. The molecular formula is C17H27NO7. The average molecular weight is 357 g/mol. The number of rotatable bonds is 11. The molecule has 0 heterocycles. The van der Waals surface area contributed by atoms with E-state index < -0.39 is 35.0 Å². The van der Waals surface area contributed by atoms with E-state index in [9.17, 15) is 19.2 Å². The van der Waals surface area contributed by atoms with Crippen molar-refractivity contribution in [2.24, 2.45) is 0 Å². The van der Waals surface area contributed by atoms with E-state index in [1.807, 2.05) is 0 Å². The standard InChI is InChI=1S/C17H27NO7/c1-5-12(19)18-17(9-6-13(20)21,10-7-14(22)23)11-8-15(24)25-16(2,3)4/h5H,1,6-11H2,2-4H3,(H,18,19)(H,20,21)(H,22,23). The fraction of sp³-hybridized carbons (Fsp3) is 0.647. The Morgan fingerprint density at radius 3 is 1.76 bits per heavy atom. The molecule has 0 bridgehead atoms. The quantitative estimate of drug-likeness (QED) is 0.380. The highest BCUT2D eigenvalue weighted by Crippen LogP contribution is 2.27. The summed E-state index contributed by atoms with van der Waals surface area (Å²) in [7, 11) is 0. The number of hydrogen-bond donors (Lipinski definition) is 3. The van der Waals surface area contributed by atoms with E-state index in [-0.39, 0.29) is 38.5 Å². The van der Waals surface area contributed by atoms with Crippen molar-refractivity contribution in [3.05, 3.63) is 12.7 Å². The van der Waals surface area contributed by atoms with Crippen molar-refractivity contribution in [1.29, 1.82) is 0 Å². The molecular weight excluding hydrogens is 330 g/mol. The number of carbonyl (C=O) groups excluding carboxylic acids is 2. The molecule has 0 rings (SSSR count). The lowest BCUT2D eigenvalue weighted by Crippen LogP contribution is -2.49. The van der Waals surface area contributed by atoms with Gasteiger partial charge >= 0.3 is 17.9 Å². The summed E-state index contributed by atoms with van der Waals surface area (Å²) in [6.45, 7) is 8.49. The highest BCUT2D eigenvalue weighted by molar-refractivity contribution is 5.87. The van der Waals surface area contributed by atoms with Gasteiger partial charge in [-0.3, -0.25) is 19.2 Å². The maximum Gasteiger partial charge on any atom is 0.306 e. The van der Waals surface area contributed by atoms with E-state index in [1.165, 1.54) is 0 Å². The summed E-state index contributed by atoms with van der Waals surface area (Å²) in [5.41, 5.74) is -1.81. The summed E-state index contributed by atoms with van der Waals surface area (Å²) >= 11 is 0. The van der Waals surface area contributed by atoms with Crippen molar-refractivity contribution in [3.8, 4) is 0 Å². The van der Waals surface area contributed by atoms with Gasteiger partial charge in [0.15, 0.2) is 0 Å². The fourth-order valence-corrected chi connectivity index (χ4v) is 2.30. The van der Waals surface area contributed by atoms with Gasteiger partial charge in [-0.15, -0.1) is 0 Å². The molecule has 1 amide bonds. The minimum atomic E-state index is -1.14. The van der Waals surface area contributed by atoms with Crippen LogP contribution in [-0.2, 0) is 23.9 Å². The largest absolute Gasteiger partial charge is 0.481 e. The van der Waals surface area contributed by atoms with Crippen LogP contribution in [0.25, 0.3) is 0 Å². The lowest BCUT2D eigenvalue weighted by molar-refractivity contribution is -0.155. The number of carboxylic acids is 2. The van der Waals surface area contributed by atoms with E-state index in [0.717, 1.165) is 6.08 Å². The predicted octanol–water partition coefficient (Wildman–Crippen LogP) is 1.88. The molecule has 25 heavy (non-hydrogen) atoms. The zero-order valence-electron chi connectivity index (χ0n) is 15.0. The van der Waals surface area contributed by atoms with Crippen molar-refractivity contribution in [3.63, 3.8) is 0 Å². The van der Waals surface area contributed by atoms with Crippen molar-refractivity contribution in [1.82, 2.24) is 5.32 Å². The first-order chi connectivity index (χ1) is 11.4. The Bertz CT molecular complexity index is 502. The van der Waals surface area contributed by atoms with E-state index in [2.05, 4.69) is 11.9 Å². The molecule has 0 saturated carbocycles. The molecule has 0 aromatic rings. The van der Waals surface area contributed by atoms with Crippen LogP contribution in [0.5, 0.6) is 0 Å². The molecule has 0 spiro atoms. The number of nitrogens with one attached hydrogen (secondary N) is 1. The Labute approximate surface area is 147 Å². The summed E-state index contributed by atoms with van der Waals surface area (Å²) in [6.07, 6.45) is 0.465. The second-order valence-corrected chi connectivity index (χ2v) is 6.85. The molecule has 0 unspecified atom stereocenters. The molecule has 8 nitrogen and oxygen atoms in total. The highest BCUT2D eigenvalue weighted by Gasteiger charge is 2.33. The number of carboxylic acid groups (broad SMARTS) is 2. The van der Waals surface area contributed by atoms with Crippen LogP contribution in [-0.4, -0.2) is 45.2 Å². The van der Waals surface area contributed by atoms with Gasteiger partial charge in [-0.1, -0.05) is 6.58 Å². The molecule has 3 N–H and O–H groups in total. The number of esters is 1. The van der Waals surface area contributed by atoms with E-state index in [1.54, 1.807) is 20.8 Å². The first kappa shape index (κ1) is 22.6. The number of amides is 1. The van der Waals surface area contributed by atoms with Gasteiger partial charge in [-0.25, -0.2) is 0 Å². The van der Waals surface area contributed by atoms with Crippen molar-refractivity contribution < 1.29 is 34.1 Å². The van der Waals surface area contributed by atoms with Gasteiger partial charge in [0.25, 0.3) is 0 Å². The monoisotopic (exact) mass is 357 g/mol. The molecule has 0 fully saturated rings. The van der Waals surface area contributed by atoms with Crippen LogP contribution in [0.4, 0.5) is 0 Å². The van der Waals surface area contributed by atoms with Crippen LogP contribution in [0.1, 0.15) is 59.3 Å². The van der Waals surface area contributed by atoms with Gasteiger partial charge in [-0.2, -0.15) is 0 Å². The van der Waals surface area contributed by atoms with Gasteiger partial charge in [0, 0.05) is 24.8 Å². The molecule has 8 heteroatoms. The first-order valence-corrected chi connectivity index (χ1v) is 7.99. The third kappa shape index (κ3) is 10.9. The lowest BCUT2D eigenvalue weighted by atomic mass is 9.83. The molecule has 142 valence electrons.